The molecule has 9 heteroatoms. The minimum Gasteiger partial charge on any atom is -0.520 e. The predicted molar refractivity (Wildman–Crippen MR) is 101 cm³/mol. The summed E-state index contributed by atoms with van der Waals surface area (Å²) in [7, 11) is -6.33. The molecule has 0 saturated carbocycles. The molecule has 0 unspecified atom stereocenters. The first-order valence-electron chi connectivity index (χ1n) is 7.87. The van der Waals surface area contributed by atoms with Gasteiger partial charge in [-0.15, -0.1) is 0 Å². The molecule has 0 aromatic carbocycles. The molecule has 0 fully saturated rings. The van der Waals surface area contributed by atoms with Crippen LogP contribution in [-0.2, 0) is 27.7 Å². The van der Waals surface area contributed by atoms with Gasteiger partial charge in [0, 0.05) is 6.08 Å². The smallest absolute Gasteiger partial charge is 0.321 e. The van der Waals surface area contributed by atoms with Crippen LogP contribution in [0.1, 0.15) is 6.42 Å². The maximum Gasteiger partial charge on any atom is 0.321 e. The van der Waals surface area contributed by atoms with Gasteiger partial charge < -0.3 is 13.3 Å². The number of rotatable bonds is 7. The summed E-state index contributed by atoms with van der Waals surface area (Å²) in [6.45, 7) is 16.7. The fourth-order valence-electron chi connectivity index (χ4n) is 1.53. The zero-order valence-electron chi connectivity index (χ0n) is 16.2. The van der Waals surface area contributed by atoms with Crippen LogP contribution in [0.25, 0.3) is 0 Å². The first-order chi connectivity index (χ1) is 10.5. The van der Waals surface area contributed by atoms with Crippen molar-refractivity contribution in [1.82, 2.24) is 0 Å². The largest absolute Gasteiger partial charge is 0.520 e. The molecule has 0 aliphatic heterocycles. The van der Waals surface area contributed by atoms with Gasteiger partial charge in [0.25, 0.3) is 5.97 Å². The second-order valence-electron chi connectivity index (χ2n) is 8.47. The summed E-state index contributed by atoms with van der Waals surface area (Å²) < 4.78 is 16.1. The highest BCUT2D eigenvalue weighted by atomic mass is 28.4. The summed E-state index contributed by atoms with van der Waals surface area (Å²) in [6, 6.07) is 0. The van der Waals surface area contributed by atoms with Crippen LogP contribution in [0, 0.1) is 0 Å². The average Bonchev–Trinajstić information content (AvgIpc) is 2.19. The molecular weight excluding hydrogens is 360 g/mol. The lowest BCUT2D eigenvalue weighted by atomic mass is 10.2. The fourth-order valence-corrected chi connectivity index (χ4v) is 3.64. The third-order valence-corrected chi connectivity index (χ3v) is 4.57. The van der Waals surface area contributed by atoms with Crippen LogP contribution in [0.15, 0.2) is 11.6 Å². The third-order valence-electron chi connectivity index (χ3n) is 2.11. The highest BCUT2D eigenvalue weighted by Crippen LogP contribution is 2.15. The van der Waals surface area contributed by atoms with Crippen molar-refractivity contribution in [2.45, 2.75) is 65.3 Å². The van der Waals surface area contributed by atoms with E-state index in [0.29, 0.717) is 0 Å². The lowest BCUT2D eigenvalue weighted by molar-refractivity contribution is -0.138. The van der Waals surface area contributed by atoms with Crippen LogP contribution in [0.5, 0.6) is 0 Å². The van der Waals surface area contributed by atoms with E-state index < -0.39 is 42.9 Å². The van der Waals surface area contributed by atoms with E-state index in [1.54, 1.807) is 0 Å². The van der Waals surface area contributed by atoms with Crippen molar-refractivity contribution >= 4 is 42.9 Å². The SMILES string of the molecule is C[Si](C)(C)OC(=O)/C=C(/CC(=O)O[Si](C)(C)C)C(=O)O[Si](C)(C)C. The summed E-state index contributed by atoms with van der Waals surface area (Å²) in [5.74, 6) is -1.82. The standard InChI is InChI=1S/C15H30O6Si3/c1-22(2,3)19-13(16)10-12(15(18)21-24(7,8)9)11-14(17)20-23(4,5)6/h10H,11H2,1-9H3/b12-10-. The highest BCUT2D eigenvalue weighted by Gasteiger charge is 2.28. The van der Waals surface area contributed by atoms with Gasteiger partial charge in [-0.3, -0.25) is 4.79 Å². The van der Waals surface area contributed by atoms with Crippen molar-refractivity contribution < 1.29 is 27.7 Å². The van der Waals surface area contributed by atoms with Gasteiger partial charge in [0.1, 0.15) is 0 Å². The first-order valence-corrected chi connectivity index (χ1v) is 18.1. The summed E-state index contributed by atoms with van der Waals surface area (Å²) in [5.41, 5.74) is -0.0241. The lowest BCUT2D eigenvalue weighted by Crippen LogP contribution is -2.33. The number of carbonyl (C=O) groups is 3. The summed E-state index contributed by atoms with van der Waals surface area (Å²) in [6.07, 6.45) is 0.764. The van der Waals surface area contributed by atoms with Crippen molar-refractivity contribution in [3.05, 3.63) is 11.6 Å². The van der Waals surface area contributed by atoms with E-state index in [1.807, 2.05) is 58.9 Å². The summed E-state index contributed by atoms with van der Waals surface area (Å²) in [4.78, 5) is 36.4. The summed E-state index contributed by atoms with van der Waals surface area (Å²) >= 11 is 0. The van der Waals surface area contributed by atoms with E-state index in [2.05, 4.69) is 0 Å². The maximum absolute atomic E-state index is 12.3. The van der Waals surface area contributed by atoms with Crippen molar-refractivity contribution in [3.63, 3.8) is 0 Å². The minimum atomic E-state index is -2.16. The molecule has 0 aliphatic rings. The van der Waals surface area contributed by atoms with E-state index in [9.17, 15) is 14.4 Å². The van der Waals surface area contributed by atoms with Crippen LogP contribution in [-0.4, -0.2) is 42.9 Å². The molecule has 0 bridgehead atoms. The molecule has 6 nitrogen and oxygen atoms in total. The highest BCUT2D eigenvalue weighted by molar-refractivity contribution is 6.72. The minimum absolute atomic E-state index is 0.0241. The normalized spacial score (nSPS) is 13.3. The Balaban J connectivity index is 5.33. The molecule has 0 N–H and O–H groups in total. The maximum atomic E-state index is 12.3. The van der Waals surface area contributed by atoms with Gasteiger partial charge >= 0.3 is 11.9 Å². The second-order valence-corrected chi connectivity index (χ2v) is 21.8. The molecule has 0 aliphatic carbocycles. The third kappa shape index (κ3) is 12.3. The number of hydrogen-bond donors (Lipinski definition) is 0. The van der Waals surface area contributed by atoms with Gasteiger partial charge in [-0.2, -0.15) is 0 Å². The first kappa shape index (κ1) is 22.8. The molecule has 0 spiro atoms. The van der Waals surface area contributed by atoms with E-state index in [4.69, 9.17) is 13.3 Å². The monoisotopic (exact) mass is 390 g/mol. The number of hydrogen-bond acceptors (Lipinski definition) is 6. The van der Waals surface area contributed by atoms with Gasteiger partial charge in [-0.25, -0.2) is 9.59 Å². The Bertz CT molecular complexity index is 521. The van der Waals surface area contributed by atoms with Crippen LogP contribution < -0.4 is 0 Å². The van der Waals surface area contributed by atoms with Crippen LogP contribution in [0.4, 0.5) is 0 Å². The Labute approximate surface area is 147 Å². The molecule has 0 amide bonds. The Morgan fingerprint density at radius 1 is 0.708 bits per heavy atom. The Morgan fingerprint density at radius 2 is 1.12 bits per heavy atom. The molecule has 0 aromatic rings. The van der Waals surface area contributed by atoms with E-state index in [1.165, 1.54) is 0 Å². The van der Waals surface area contributed by atoms with Crippen molar-refractivity contribution in [2.24, 2.45) is 0 Å². The van der Waals surface area contributed by atoms with Crippen molar-refractivity contribution in [2.75, 3.05) is 0 Å². The molecule has 0 radical (unpaired) electrons. The zero-order chi connectivity index (χ0) is 19.3. The Morgan fingerprint density at radius 3 is 1.50 bits per heavy atom. The molecule has 0 aromatic heterocycles. The Kier molecular flexibility index (Phi) is 7.84. The van der Waals surface area contributed by atoms with E-state index in [0.717, 1.165) is 6.08 Å². The Hall–Kier alpha value is -1.20. The molecule has 0 heterocycles. The van der Waals surface area contributed by atoms with Gasteiger partial charge in [-0.05, 0) is 58.9 Å². The van der Waals surface area contributed by atoms with Crippen LogP contribution >= 0.6 is 0 Å². The average molecular weight is 391 g/mol. The van der Waals surface area contributed by atoms with Crippen molar-refractivity contribution in [1.29, 1.82) is 0 Å². The molecule has 0 saturated heterocycles. The fraction of sp³-hybridized carbons (Fsp3) is 0.667. The van der Waals surface area contributed by atoms with Gasteiger partial charge in [-0.1, -0.05) is 0 Å². The predicted octanol–water partition coefficient (Wildman–Crippen LogP) is 3.44. The molecule has 0 rings (SSSR count). The second kappa shape index (κ2) is 8.26. The van der Waals surface area contributed by atoms with E-state index >= 15 is 0 Å². The van der Waals surface area contributed by atoms with Crippen LogP contribution in [0.2, 0.25) is 58.9 Å². The molecule has 0 atom stereocenters. The quantitative estimate of drug-likeness (QED) is 0.489. The topological polar surface area (TPSA) is 78.9 Å². The lowest BCUT2D eigenvalue weighted by Gasteiger charge is -2.21. The van der Waals surface area contributed by atoms with E-state index in [-0.39, 0.29) is 12.0 Å². The van der Waals surface area contributed by atoms with Gasteiger partial charge in [0.2, 0.25) is 25.0 Å². The summed E-state index contributed by atoms with van der Waals surface area (Å²) in [5, 5.41) is 0. The zero-order valence-corrected chi connectivity index (χ0v) is 19.2. The molecular formula is C15H30O6Si3. The molecule has 138 valence electrons. The van der Waals surface area contributed by atoms with Crippen LogP contribution in [0.3, 0.4) is 0 Å². The van der Waals surface area contributed by atoms with Gasteiger partial charge in [0.15, 0.2) is 0 Å². The van der Waals surface area contributed by atoms with Crippen molar-refractivity contribution in [3.8, 4) is 0 Å². The molecule has 24 heavy (non-hydrogen) atoms. The van der Waals surface area contributed by atoms with Gasteiger partial charge in [0.05, 0.1) is 12.0 Å². The number of carbonyl (C=O) groups excluding carboxylic acids is 3.